The minimum atomic E-state index is -0.428. The number of fused-ring (bicyclic) bond motifs is 1. The van der Waals surface area contributed by atoms with Gasteiger partial charge in [-0.3, -0.25) is 4.79 Å². The molecule has 19 heavy (non-hydrogen) atoms. The topological polar surface area (TPSA) is 58.6 Å². The zero-order chi connectivity index (χ0) is 13.7. The maximum Gasteiger partial charge on any atom is 0.258 e. The van der Waals surface area contributed by atoms with E-state index in [1.54, 1.807) is 0 Å². The lowest BCUT2D eigenvalue weighted by Crippen LogP contribution is -2.29. The maximum absolute atomic E-state index is 11.3. The number of hydrogen-bond acceptors (Lipinski definition) is 3. The second-order valence-electron chi connectivity index (χ2n) is 4.54. The van der Waals surface area contributed by atoms with Crippen LogP contribution in [0, 0.1) is 12.3 Å². The molecule has 1 aromatic carbocycles. The van der Waals surface area contributed by atoms with Gasteiger partial charge in [-0.15, -0.1) is 6.42 Å². The van der Waals surface area contributed by atoms with Gasteiger partial charge in [-0.1, -0.05) is 12.0 Å². The third-order valence-electron chi connectivity index (χ3n) is 3.16. The highest BCUT2D eigenvalue weighted by molar-refractivity contribution is 5.77. The number of hydrogen-bond donors (Lipinski definition) is 2. The van der Waals surface area contributed by atoms with Gasteiger partial charge in [0.1, 0.15) is 5.75 Å². The van der Waals surface area contributed by atoms with Gasteiger partial charge in [0.2, 0.25) is 0 Å². The van der Waals surface area contributed by atoms with Crippen molar-refractivity contribution in [3.05, 3.63) is 29.3 Å². The van der Waals surface area contributed by atoms with Crippen molar-refractivity contribution in [1.29, 1.82) is 0 Å². The number of ether oxygens (including phenoxy) is 1. The van der Waals surface area contributed by atoms with Crippen LogP contribution in [-0.4, -0.2) is 24.2 Å². The van der Waals surface area contributed by atoms with Crippen LogP contribution < -0.4 is 10.1 Å². The van der Waals surface area contributed by atoms with E-state index in [4.69, 9.17) is 11.2 Å². The minimum absolute atomic E-state index is 0.0729. The van der Waals surface area contributed by atoms with E-state index in [9.17, 15) is 9.90 Å². The fraction of sp³-hybridized carbons (Fsp3) is 0.400. The van der Waals surface area contributed by atoms with E-state index in [2.05, 4.69) is 11.2 Å². The molecule has 0 bridgehead atoms. The van der Waals surface area contributed by atoms with E-state index in [0.29, 0.717) is 5.75 Å². The fourth-order valence-corrected chi connectivity index (χ4v) is 2.19. The SMILES string of the molecule is C#CCNC(=O)COc1ccc2c(c1)[C@H](O)CCC2. The van der Waals surface area contributed by atoms with Gasteiger partial charge >= 0.3 is 0 Å². The molecule has 0 unspecified atom stereocenters. The van der Waals surface area contributed by atoms with Gasteiger partial charge in [-0.05, 0) is 42.5 Å². The van der Waals surface area contributed by atoms with Crippen molar-refractivity contribution in [1.82, 2.24) is 5.32 Å². The molecule has 1 aliphatic rings. The molecule has 0 spiro atoms. The Labute approximate surface area is 112 Å². The largest absolute Gasteiger partial charge is 0.484 e. The summed E-state index contributed by atoms with van der Waals surface area (Å²) in [6.07, 6.45) is 7.38. The zero-order valence-corrected chi connectivity index (χ0v) is 10.7. The highest BCUT2D eigenvalue weighted by atomic mass is 16.5. The molecule has 4 nitrogen and oxygen atoms in total. The van der Waals surface area contributed by atoms with Crippen LogP contribution in [0.25, 0.3) is 0 Å². The molecule has 0 fully saturated rings. The molecule has 0 aliphatic heterocycles. The second kappa shape index (κ2) is 6.26. The Balaban J connectivity index is 1.97. The highest BCUT2D eigenvalue weighted by Crippen LogP contribution is 2.32. The summed E-state index contributed by atoms with van der Waals surface area (Å²) in [5, 5.41) is 12.4. The molecule has 1 aromatic rings. The van der Waals surface area contributed by atoms with E-state index >= 15 is 0 Å². The smallest absolute Gasteiger partial charge is 0.258 e. The Kier molecular flexibility index (Phi) is 4.43. The van der Waals surface area contributed by atoms with Crippen LogP contribution in [0.4, 0.5) is 0 Å². The Morgan fingerprint density at radius 3 is 3.21 bits per heavy atom. The molecule has 0 saturated carbocycles. The molecular formula is C15H17NO3. The summed E-state index contributed by atoms with van der Waals surface area (Å²) in [5.41, 5.74) is 2.07. The number of aliphatic hydroxyl groups excluding tert-OH is 1. The Bertz CT molecular complexity index is 505. The lowest BCUT2D eigenvalue weighted by molar-refractivity contribution is -0.122. The molecule has 2 N–H and O–H groups in total. The number of amides is 1. The lowest BCUT2D eigenvalue weighted by atomic mass is 9.89. The molecule has 100 valence electrons. The standard InChI is InChI=1S/C15H17NO3/c1-2-8-16-15(18)10-19-12-7-6-11-4-3-5-14(17)13(11)9-12/h1,6-7,9,14,17H,3-5,8,10H2,(H,16,18)/t14-/m1/s1. The number of aryl methyl sites for hydroxylation is 1. The number of rotatable bonds is 4. The summed E-state index contributed by atoms with van der Waals surface area (Å²) < 4.78 is 5.39. The number of carbonyl (C=O) groups excluding carboxylic acids is 1. The van der Waals surface area contributed by atoms with Crippen LogP contribution in [0.5, 0.6) is 5.75 Å². The molecular weight excluding hydrogens is 242 g/mol. The molecule has 0 saturated heterocycles. The summed E-state index contributed by atoms with van der Waals surface area (Å²) in [5.74, 6) is 2.66. The molecule has 2 rings (SSSR count). The van der Waals surface area contributed by atoms with Gasteiger partial charge in [0.15, 0.2) is 6.61 Å². The van der Waals surface area contributed by atoms with Gasteiger partial charge in [0, 0.05) is 0 Å². The van der Waals surface area contributed by atoms with Crippen molar-refractivity contribution >= 4 is 5.91 Å². The molecule has 4 heteroatoms. The van der Waals surface area contributed by atoms with Crippen LogP contribution in [0.2, 0.25) is 0 Å². The summed E-state index contributed by atoms with van der Waals surface area (Å²) in [6.45, 7) is 0.127. The average Bonchev–Trinajstić information content (AvgIpc) is 2.43. The number of nitrogens with one attached hydrogen (secondary N) is 1. The first-order chi connectivity index (χ1) is 9.20. The third kappa shape index (κ3) is 3.49. The van der Waals surface area contributed by atoms with Crippen LogP contribution in [-0.2, 0) is 11.2 Å². The number of benzene rings is 1. The Morgan fingerprint density at radius 2 is 2.42 bits per heavy atom. The van der Waals surface area contributed by atoms with Crippen LogP contribution in [0.1, 0.15) is 30.1 Å². The monoisotopic (exact) mass is 259 g/mol. The maximum atomic E-state index is 11.3. The van der Waals surface area contributed by atoms with E-state index in [1.807, 2.05) is 18.2 Å². The van der Waals surface area contributed by atoms with E-state index in [1.165, 1.54) is 0 Å². The first-order valence-corrected chi connectivity index (χ1v) is 6.34. The zero-order valence-electron chi connectivity index (χ0n) is 10.7. The molecule has 0 aromatic heterocycles. The van der Waals surface area contributed by atoms with Gasteiger partial charge in [-0.25, -0.2) is 0 Å². The van der Waals surface area contributed by atoms with Gasteiger partial charge < -0.3 is 15.2 Å². The highest BCUT2D eigenvalue weighted by Gasteiger charge is 2.18. The Morgan fingerprint density at radius 1 is 1.58 bits per heavy atom. The second-order valence-corrected chi connectivity index (χ2v) is 4.54. The first-order valence-electron chi connectivity index (χ1n) is 6.34. The normalized spacial score (nSPS) is 17.2. The number of terminal acetylenes is 1. The van der Waals surface area contributed by atoms with Crippen LogP contribution in [0.15, 0.2) is 18.2 Å². The van der Waals surface area contributed by atoms with Crippen molar-refractivity contribution < 1.29 is 14.6 Å². The van der Waals surface area contributed by atoms with Gasteiger partial charge in [-0.2, -0.15) is 0 Å². The average molecular weight is 259 g/mol. The molecule has 1 atom stereocenters. The summed E-state index contributed by atoms with van der Waals surface area (Å²) in [6, 6.07) is 5.59. The quantitative estimate of drug-likeness (QED) is 0.798. The van der Waals surface area contributed by atoms with Crippen molar-refractivity contribution in [2.75, 3.05) is 13.2 Å². The predicted molar refractivity (Wildman–Crippen MR) is 71.7 cm³/mol. The van der Waals surface area contributed by atoms with E-state index in [0.717, 1.165) is 30.4 Å². The molecule has 0 radical (unpaired) electrons. The summed E-state index contributed by atoms with van der Waals surface area (Å²) in [7, 11) is 0. The van der Waals surface area contributed by atoms with Gasteiger partial charge in [0.25, 0.3) is 5.91 Å². The third-order valence-corrected chi connectivity index (χ3v) is 3.16. The van der Waals surface area contributed by atoms with Crippen molar-refractivity contribution in [2.45, 2.75) is 25.4 Å². The van der Waals surface area contributed by atoms with Crippen molar-refractivity contribution in [3.8, 4) is 18.1 Å². The summed E-state index contributed by atoms with van der Waals surface area (Å²) in [4.78, 5) is 11.3. The Hall–Kier alpha value is -1.99. The molecule has 1 amide bonds. The first kappa shape index (κ1) is 13.4. The molecule has 0 heterocycles. The predicted octanol–water partition coefficient (Wildman–Crippen LogP) is 1.18. The number of carbonyl (C=O) groups is 1. The van der Waals surface area contributed by atoms with Crippen molar-refractivity contribution in [2.24, 2.45) is 0 Å². The van der Waals surface area contributed by atoms with Crippen LogP contribution >= 0.6 is 0 Å². The van der Waals surface area contributed by atoms with E-state index < -0.39 is 6.10 Å². The van der Waals surface area contributed by atoms with Crippen molar-refractivity contribution in [3.63, 3.8) is 0 Å². The minimum Gasteiger partial charge on any atom is -0.484 e. The number of aliphatic hydroxyl groups is 1. The summed E-state index contributed by atoms with van der Waals surface area (Å²) >= 11 is 0. The van der Waals surface area contributed by atoms with E-state index in [-0.39, 0.29) is 19.1 Å². The fourth-order valence-electron chi connectivity index (χ4n) is 2.19. The lowest BCUT2D eigenvalue weighted by Gasteiger charge is -2.21. The van der Waals surface area contributed by atoms with Gasteiger partial charge in [0.05, 0.1) is 12.6 Å². The van der Waals surface area contributed by atoms with Crippen LogP contribution in [0.3, 0.4) is 0 Å². The molecule has 1 aliphatic carbocycles.